The highest BCUT2D eigenvalue weighted by atomic mass is 16.1. The number of hydrogen-bond acceptors (Lipinski definition) is 5. The highest BCUT2D eigenvalue weighted by molar-refractivity contribution is 5.81. The standard InChI is InChI=1S/C17H20N4O/c1-2-15(22)13-6-10-21(11-7-13)16-5-4-14(12-20-16)17-18-8-3-9-19-17/h3-5,8-9,12-13H,2,6-7,10-11H2,1H3. The van der Waals surface area contributed by atoms with E-state index in [0.717, 1.165) is 37.3 Å². The molecule has 2 aromatic rings. The molecule has 0 bridgehead atoms. The average Bonchev–Trinajstić information content (AvgIpc) is 2.62. The molecule has 2 aromatic heterocycles. The Morgan fingerprint density at radius 3 is 2.50 bits per heavy atom. The molecule has 0 saturated carbocycles. The fourth-order valence-electron chi connectivity index (χ4n) is 2.87. The van der Waals surface area contributed by atoms with Gasteiger partial charge in [0.15, 0.2) is 5.82 Å². The Balaban J connectivity index is 1.66. The minimum absolute atomic E-state index is 0.234. The SMILES string of the molecule is CCC(=O)C1CCN(c2ccc(-c3ncccn3)cn2)CC1. The van der Waals surface area contributed by atoms with E-state index in [1.54, 1.807) is 18.5 Å². The molecule has 1 aliphatic heterocycles. The lowest BCUT2D eigenvalue weighted by Crippen LogP contribution is -2.36. The number of aromatic nitrogens is 3. The van der Waals surface area contributed by atoms with Crippen LogP contribution in [0.3, 0.4) is 0 Å². The number of anilines is 1. The molecule has 0 radical (unpaired) electrons. The number of rotatable bonds is 4. The molecule has 0 unspecified atom stereocenters. The van der Waals surface area contributed by atoms with Crippen molar-refractivity contribution in [2.45, 2.75) is 26.2 Å². The largest absolute Gasteiger partial charge is 0.357 e. The number of pyridine rings is 1. The first-order chi connectivity index (χ1) is 10.8. The second-order valence-corrected chi connectivity index (χ2v) is 5.56. The van der Waals surface area contributed by atoms with E-state index in [1.165, 1.54) is 0 Å². The second-order valence-electron chi connectivity index (χ2n) is 5.56. The van der Waals surface area contributed by atoms with Gasteiger partial charge < -0.3 is 4.90 Å². The third kappa shape index (κ3) is 3.13. The Labute approximate surface area is 130 Å². The first kappa shape index (κ1) is 14.6. The number of ketones is 1. The number of carbonyl (C=O) groups is 1. The molecule has 5 nitrogen and oxygen atoms in total. The highest BCUT2D eigenvalue weighted by Crippen LogP contribution is 2.24. The van der Waals surface area contributed by atoms with Gasteiger partial charge >= 0.3 is 0 Å². The summed E-state index contributed by atoms with van der Waals surface area (Å²) in [6.07, 6.45) is 7.77. The summed E-state index contributed by atoms with van der Waals surface area (Å²) in [4.78, 5) is 27.0. The van der Waals surface area contributed by atoms with Crippen LogP contribution in [0.25, 0.3) is 11.4 Å². The van der Waals surface area contributed by atoms with E-state index in [2.05, 4.69) is 19.9 Å². The van der Waals surface area contributed by atoms with Gasteiger partial charge in [0, 0.05) is 49.6 Å². The smallest absolute Gasteiger partial charge is 0.160 e. The molecule has 0 amide bonds. The van der Waals surface area contributed by atoms with Crippen molar-refractivity contribution in [3.8, 4) is 11.4 Å². The summed E-state index contributed by atoms with van der Waals surface area (Å²) < 4.78 is 0. The molecule has 22 heavy (non-hydrogen) atoms. The lowest BCUT2D eigenvalue weighted by Gasteiger charge is -2.32. The molecule has 1 saturated heterocycles. The van der Waals surface area contributed by atoms with Crippen molar-refractivity contribution in [2.24, 2.45) is 5.92 Å². The zero-order valence-corrected chi connectivity index (χ0v) is 12.8. The van der Waals surface area contributed by atoms with E-state index in [1.807, 2.05) is 25.3 Å². The van der Waals surface area contributed by atoms with Crippen LogP contribution >= 0.6 is 0 Å². The minimum atomic E-state index is 0.234. The molecule has 3 rings (SSSR count). The molecule has 0 spiro atoms. The van der Waals surface area contributed by atoms with Crippen LogP contribution in [0.1, 0.15) is 26.2 Å². The van der Waals surface area contributed by atoms with Gasteiger partial charge in [-0.25, -0.2) is 15.0 Å². The van der Waals surface area contributed by atoms with Crippen molar-refractivity contribution in [3.05, 3.63) is 36.8 Å². The van der Waals surface area contributed by atoms with Crippen molar-refractivity contribution in [1.82, 2.24) is 15.0 Å². The van der Waals surface area contributed by atoms with Gasteiger partial charge in [-0.15, -0.1) is 0 Å². The maximum absolute atomic E-state index is 11.8. The minimum Gasteiger partial charge on any atom is -0.357 e. The number of nitrogens with zero attached hydrogens (tertiary/aromatic N) is 4. The van der Waals surface area contributed by atoms with Crippen molar-refractivity contribution in [2.75, 3.05) is 18.0 Å². The van der Waals surface area contributed by atoms with E-state index in [9.17, 15) is 4.79 Å². The second kappa shape index (κ2) is 6.64. The van der Waals surface area contributed by atoms with Crippen LogP contribution in [0.5, 0.6) is 0 Å². The molecule has 3 heterocycles. The molecule has 5 heteroatoms. The van der Waals surface area contributed by atoms with Gasteiger partial charge in [-0.1, -0.05) is 6.92 Å². The Bertz CT molecular complexity index is 619. The first-order valence-corrected chi connectivity index (χ1v) is 7.79. The van der Waals surface area contributed by atoms with Gasteiger partial charge in [-0.2, -0.15) is 0 Å². The lowest BCUT2D eigenvalue weighted by atomic mass is 9.91. The fraction of sp³-hybridized carbons (Fsp3) is 0.412. The number of piperidine rings is 1. The fourth-order valence-corrected chi connectivity index (χ4v) is 2.87. The summed E-state index contributed by atoms with van der Waals surface area (Å²) in [6, 6.07) is 5.81. The summed E-state index contributed by atoms with van der Waals surface area (Å²) in [5.74, 6) is 2.28. The van der Waals surface area contributed by atoms with Gasteiger partial charge in [-0.3, -0.25) is 4.79 Å². The van der Waals surface area contributed by atoms with Gasteiger partial charge in [0.25, 0.3) is 0 Å². The Morgan fingerprint density at radius 2 is 1.91 bits per heavy atom. The number of Topliss-reactive ketones (excluding diaryl/α,β-unsaturated/α-hetero) is 1. The monoisotopic (exact) mass is 296 g/mol. The summed E-state index contributed by atoms with van der Waals surface area (Å²) in [7, 11) is 0. The van der Waals surface area contributed by atoms with Crippen LogP contribution in [0.2, 0.25) is 0 Å². The van der Waals surface area contributed by atoms with E-state index >= 15 is 0 Å². The van der Waals surface area contributed by atoms with Gasteiger partial charge in [-0.05, 0) is 31.0 Å². The van der Waals surface area contributed by atoms with Crippen molar-refractivity contribution in [3.63, 3.8) is 0 Å². The zero-order chi connectivity index (χ0) is 15.4. The maximum Gasteiger partial charge on any atom is 0.160 e. The molecule has 1 fully saturated rings. The van der Waals surface area contributed by atoms with Crippen molar-refractivity contribution in [1.29, 1.82) is 0 Å². The first-order valence-electron chi connectivity index (χ1n) is 7.79. The molecule has 0 aromatic carbocycles. The molecule has 1 aliphatic rings. The van der Waals surface area contributed by atoms with Gasteiger partial charge in [0.1, 0.15) is 11.6 Å². The summed E-state index contributed by atoms with van der Waals surface area (Å²) in [5, 5.41) is 0. The molecule has 0 N–H and O–H groups in total. The van der Waals surface area contributed by atoms with E-state index < -0.39 is 0 Å². The maximum atomic E-state index is 11.8. The van der Waals surface area contributed by atoms with E-state index in [-0.39, 0.29) is 5.92 Å². The zero-order valence-electron chi connectivity index (χ0n) is 12.8. The number of hydrogen-bond donors (Lipinski definition) is 0. The predicted octanol–water partition coefficient (Wildman–Crippen LogP) is 2.73. The topological polar surface area (TPSA) is 59.0 Å². The van der Waals surface area contributed by atoms with Gasteiger partial charge in [0.2, 0.25) is 0 Å². The lowest BCUT2D eigenvalue weighted by molar-refractivity contribution is -0.123. The van der Waals surface area contributed by atoms with Crippen molar-refractivity contribution < 1.29 is 4.79 Å². The van der Waals surface area contributed by atoms with Crippen LogP contribution in [-0.2, 0) is 4.79 Å². The summed E-state index contributed by atoms with van der Waals surface area (Å²) in [6.45, 7) is 3.73. The van der Waals surface area contributed by atoms with Crippen LogP contribution in [-0.4, -0.2) is 33.8 Å². The van der Waals surface area contributed by atoms with Crippen LogP contribution in [0, 0.1) is 5.92 Å². The average molecular weight is 296 g/mol. The third-order valence-electron chi connectivity index (χ3n) is 4.19. The Kier molecular flexibility index (Phi) is 4.42. The van der Waals surface area contributed by atoms with Crippen LogP contribution < -0.4 is 4.90 Å². The quantitative estimate of drug-likeness (QED) is 0.868. The highest BCUT2D eigenvalue weighted by Gasteiger charge is 2.24. The normalized spacial score (nSPS) is 15.8. The van der Waals surface area contributed by atoms with Crippen LogP contribution in [0.15, 0.2) is 36.8 Å². The summed E-state index contributed by atoms with van der Waals surface area (Å²) in [5.41, 5.74) is 0.917. The molecule has 0 aliphatic carbocycles. The summed E-state index contributed by atoms with van der Waals surface area (Å²) >= 11 is 0. The van der Waals surface area contributed by atoms with Gasteiger partial charge in [0.05, 0.1) is 0 Å². The molecule has 0 atom stereocenters. The molecule has 114 valence electrons. The molecular weight excluding hydrogens is 276 g/mol. The third-order valence-corrected chi connectivity index (χ3v) is 4.19. The Morgan fingerprint density at radius 1 is 1.18 bits per heavy atom. The van der Waals surface area contributed by atoms with E-state index in [0.29, 0.717) is 18.0 Å². The van der Waals surface area contributed by atoms with Crippen molar-refractivity contribution >= 4 is 11.6 Å². The number of carbonyl (C=O) groups excluding carboxylic acids is 1. The predicted molar refractivity (Wildman–Crippen MR) is 85.5 cm³/mol. The Hall–Kier alpha value is -2.30. The van der Waals surface area contributed by atoms with Crippen LogP contribution in [0.4, 0.5) is 5.82 Å². The van der Waals surface area contributed by atoms with E-state index in [4.69, 9.17) is 0 Å². The molecular formula is C17H20N4O.